The predicted octanol–water partition coefficient (Wildman–Crippen LogP) is 2.20. The van der Waals surface area contributed by atoms with Crippen molar-refractivity contribution in [1.29, 1.82) is 0 Å². The van der Waals surface area contributed by atoms with Crippen molar-refractivity contribution in [3.8, 4) is 5.88 Å². The number of carbonyl (C=O) groups is 2. The SMILES string of the molecule is O=C(O)C(F)(F)F.O=C(c1ccnnc1)N1CCO[C@@H]2CC(COc3ccccn3)C[C@H]21. The van der Waals surface area contributed by atoms with Gasteiger partial charge in [-0.05, 0) is 30.9 Å². The fourth-order valence-electron chi connectivity index (χ4n) is 3.66. The van der Waals surface area contributed by atoms with E-state index in [-0.39, 0.29) is 18.1 Å². The lowest BCUT2D eigenvalue weighted by Crippen LogP contribution is -2.51. The first kappa shape index (κ1) is 23.4. The van der Waals surface area contributed by atoms with E-state index in [2.05, 4.69) is 15.2 Å². The number of carboxylic acids is 1. The molecule has 1 aliphatic heterocycles. The number of carbonyl (C=O) groups excluding carboxylic acids is 1. The van der Waals surface area contributed by atoms with Crippen molar-refractivity contribution >= 4 is 11.9 Å². The van der Waals surface area contributed by atoms with Gasteiger partial charge in [-0.15, -0.1) is 0 Å². The highest BCUT2D eigenvalue weighted by Crippen LogP contribution is 2.35. The lowest BCUT2D eigenvalue weighted by molar-refractivity contribution is -0.192. The number of aliphatic carboxylic acids is 1. The van der Waals surface area contributed by atoms with Gasteiger partial charge < -0.3 is 19.5 Å². The van der Waals surface area contributed by atoms with Crippen molar-refractivity contribution in [2.45, 2.75) is 31.2 Å². The fraction of sp³-hybridized carbons (Fsp3) is 0.450. The summed E-state index contributed by atoms with van der Waals surface area (Å²) in [5, 5.41) is 14.7. The van der Waals surface area contributed by atoms with Crippen LogP contribution >= 0.6 is 0 Å². The number of morpholine rings is 1. The molecule has 2 aromatic rings. The molecule has 172 valence electrons. The molecule has 3 heterocycles. The minimum Gasteiger partial charge on any atom is -0.477 e. The summed E-state index contributed by atoms with van der Waals surface area (Å²) in [5.41, 5.74) is 0.573. The van der Waals surface area contributed by atoms with Crippen LogP contribution in [-0.4, -0.2) is 75.1 Å². The van der Waals surface area contributed by atoms with Crippen molar-refractivity contribution in [2.75, 3.05) is 19.8 Å². The fourth-order valence-corrected chi connectivity index (χ4v) is 3.66. The molecule has 12 heteroatoms. The van der Waals surface area contributed by atoms with Crippen molar-refractivity contribution < 1.29 is 37.3 Å². The average molecular weight is 454 g/mol. The molecule has 32 heavy (non-hydrogen) atoms. The van der Waals surface area contributed by atoms with Gasteiger partial charge in [0.05, 0.1) is 43.3 Å². The second kappa shape index (κ2) is 10.4. The Balaban J connectivity index is 0.000000360. The van der Waals surface area contributed by atoms with E-state index in [9.17, 15) is 18.0 Å². The Morgan fingerprint density at radius 1 is 1.19 bits per heavy atom. The van der Waals surface area contributed by atoms with Crippen molar-refractivity contribution in [2.24, 2.45) is 5.92 Å². The molecular weight excluding hydrogens is 433 g/mol. The molecule has 0 bridgehead atoms. The van der Waals surface area contributed by atoms with Crippen LogP contribution in [0.2, 0.25) is 0 Å². The van der Waals surface area contributed by atoms with Gasteiger partial charge in [0.1, 0.15) is 0 Å². The number of hydrogen-bond donors (Lipinski definition) is 1. The Kier molecular flexibility index (Phi) is 7.57. The molecule has 0 spiro atoms. The third kappa shape index (κ3) is 6.13. The number of hydrogen-bond acceptors (Lipinski definition) is 7. The number of nitrogens with zero attached hydrogens (tertiary/aromatic N) is 4. The summed E-state index contributed by atoms with van der Waals surface area (Å²) in [5.74, 6) is -1.78. The average Bonchev–Trinajstić information content (AvgIpc) is 3.21. The van der Waals surface area contributed by atoms with Crippen LogP contribution in [-0.2, 0) is 9.53 Å². The minimum absolute atomic E-state index is 0.000468. The van der Waals surface area contributed by atoms with Gasteiger partial charge in [-0.1, -0.05) is 6.07 Å². The summed E-state index contributed by atoms with van der Waals surface area (Å²) in [6.45, 7) is 1.77. The van der Waals surface area contributed by atoms with E-state index in [1.165, 1.54) is 6.20 Å². The highest BCUT2D eigenvalue weighted by Gasteiger charge is 2.43. The first-order valence-electron chi connectivity index (χ1n) is 9.79. The summed E-state index contributed by atoms with van der Waals surface area (Å²) in [4.78, 5) is 27.8. The van der Waals surface area contributed by atoms with Crippen molar-refractivity contribution in [3.63, 3.8) is 0 Å². The Bertz CT molecular complexity index is 901. The number of pyridine rings is 1. The molecule has 1 saturated heterocycles. The van der Waals surface area contributed by atoms with E-state index in [1.807, 2.05) is 23.1 Å². The zero-order valence-electron chi connectivity index (χ0n) is 16.8. The van der Waals surface area contributed by atoms with Crippen LogP contribution in [0, 0.1) is 5.92 Å². The van der Waals surface area contributed by atoms with E-state index < -0.39 is 12.1 Å². The number of halogens is 3. The maximum absolute atomic E-state index is 12.8. The zero-order valence-corrected chi connectivity index (χ0v) is 16.8. The van der Waals surface area contributed by atoms with Gasteiger partial charge in [-0.25, -0.2) is 9.78 Å². The largest absolute Gasteiger partial charge is 0.490 e. The van der Waals surface area contributed by atoms with Gasteiger partial charge in [0.2, 0.25) is 5.88 Å². The third-order valence-electron chi connectivity index (χ3n) is 5.07. The summed E-state index contributed by atoms with van der Waals surface area (Å²) < 4.78 is 43.4. The van der Waals surface area contributed by atoms with Crippen molar-refractivity contribution in [3.05, 3.63) is 48.4 Å². The first-order chi connectivity index (χ1) is 15.3. The van der Waals surface area contributed by atoms with Gasteiger partial charge in [-0.2, -0.15) is 23.4 Å². The zero-order chi connectivity index (χ0) is 23.1. The second-order valence-corrected chi connectivity index (χ2v) is 7.23. The summed E-state index contributed by atoms with van der Waals surface area (Å²) in [6, 6.07) is 7.42. The minimum atomic E-state index is -5.08. The molecular formula is C20H21F3N4O5. The standard InChI is InChI=1S/C18H20N4O3.C2HF3O2/c23-18(14-4-6-20-21-11-14)22-7-8-24-16-10-13(9-15(16)22)12-25-17-3-1-2-5-19-17;3-2(4,5)1(6)7/h1-6,11,13,15-16H,7-10,12H2;(H,6,7)/t13?,15-,16-;/m1./s1. The normalized spacial score (nSPS) is 22.3. The molecule has 1 aliphatic carbocycles. The van der Waals surface area contributed by atoms with E-state index in [1.54, 1.807) is 18.5 Å². The predicted molar refractivity (Wildman–Crippen MR) is 103 cm³/mol. The summed E-state index contributed by atoms with van der Waals surface area (Å²) >= 11 is 0. The van der Waals surface area contributed by atoms with E-state index in [0.29, 0.717) is 37.1 Å². The molecule has 4 rings (SSSR count). The van der Waals surface area contributed by atoms with Crippen LogP contribution in [0.4, 0.5) is 13.2 Å². The Morgan fingerprint density at radius 2 is 1.97 bits per heavy atom. The number of amides is 1. The summed E-state index contributed by atoms with van der Waals surface area (Å²) in [6.07, 6.45) is 1.55. The number of alkyl halides is 3. The summed E-state index contributed by atoms with van der Waals surface area (Å²) in [7, 11) is 0. The molecule has 9 nitrogen and oxygen atoms in total. The number of fused-ring (bicyclic) bond motifs is 1. The van der Waals surface area contributed by atoms with Crippen LogP contribution in [0.25, 0.3) is 0 Å². The highest BCUT2D eigenvalue weighted by molar-refractivity contribution is 5.94. The second-order valence-electron chi connectivity index (χ2n) is 7.23. The van der Waals surface area contributed by atoms with E-state index in [0.717, 1.165) is 12.8 Å². The van der Waals surface area contributed by atoms with Crippen LogP contribution in [0.15, 0.2) is 42.9 Å². The first-order valence-corrected chi connectivity index (χ1v) is 9.79. The molecule has 2 aliphatic rings. The number of rotatable bonds is 4. The van der Waals surface area contributed by atoms with Crippen LogP contribution < -0.4 is 4.74 Å². The van der Waals surface area contributed by atoms with Crippen LogP contribution in [0.3, 0.4) is 0 Å². The maximum Gasteiger partial charge on any atom is 0.490 e. The van der Waals surface area contributed by atoms with Gasteiger partial charge in [0, 0.05) is 18.8 Å². The van der Waals surface area contributed by atoms with Gasteiger partial charge in [0.15, 0.2) is 0 Å². The topological polar surface area (TPSA) is 115 Å². The lowest BCUT2D eigenvalue weighted by Gasteiger charge is -2.37. The molecule has 0 aromatic carbocycles. The number of aromatic nitrogens is 3. The highest BCUT2D eigenvalue weighted by atomic mass is 19.4. The molecule has 1 unspecified atom stereocenters. The maximum atomic E-state index is 12.8. The van der Waals surface area contributed by atoms with Crippen molar-refractivity contribution in [1.82, 2.24) is 20.1 Å². The van der Waals surface area contributed by atoms with Gasteiger partial charge in [0.25, 0.3) is 5.91 Å². The molecule has 1 amide bonds. The molecule has 1 saturated carbocycles. The number of carboxylic acid groups (broad SMARTS) is 1. The third-order valence-corrected chi connectivity index (χ3v) is 5.07. The molecule has 0 radical (unpaired) electrons. The van der Waals surface area contributed by atoms with E-state index >= 15 is 0 Å². The number of ether oxygens (including phenoxy) is 2. The van der Waals surface area contributed by atoms with E-state index in [4.69, 9.17) is 19.4 Å². The molecule has 1 N–H and O–H groups in total. The Hall–Kier alpha value is -3.28. The lowest BCUT2D eigenvalue weighted by atomic mass is 10.1. The van der Waals surface area contributed by atoms with Crippen LogP contribution in [0.1, 0.15) is 23.2 Å². The quantitative estimate of drug-likeness (QED) is 0.748. The van der Waals surface area contributed by atoms with Gasteiger partial charge in [-0.3, -0.25) is 4.79 Å². The smallest absolute Gasteiger partial charge is 0.477 e. The van der Waals surface area contributed by atoms with Crippen LogP contribution in [0.5, 0.6) is 5.88 Å². The molecule has 2 aromatic heterocycles. The Morgan fingerprint density at radius 3 is 2.59 bits per heavy atom. The van der Waals surface area contributed by atoms with Gasteiger partial charge >= 0.3 is 12.1 Å². The Labute approximate surface area is 181 Å². The molecule has 2 fully saturated rings. The molecule has 3 atom stereocenters. The monoisotopic (exact) mass is 454 g/mol.